The highest BCUT2D eigenvalue weighted by molar-refractivity contribution is 6.31. The number of carbonyl (C=O) groups excluding carboxylic acids is 3. The molecule has 0 spiro atoms. The van der Waals surface area contributed by atoms with Gasteiger partial charge in [-0.25, -0.2) is 9.59 Å². The molecule has 2 aliphatic rings. The molecule has 0 bridgehead atoms. The number of amides is 4. The van der Waals surface area contributed by atoms with E-state index in [1.165, 1.54) is 0 Å². The van der Waals surface area contributed by atoms with Gasteiger partial charge in [-0.15, -0.1) is 0 Å². The van der Waals surface area contributed by atoms with Gasteiger partial charge in [0.25, 0.3) is 0 Å². The third-order valence-corrected chi connectivity index (χ3v) is 6.76. The minimum atomic E-state index is -0.556. The lowest BCUT2D eigenvalue weighted by molar-refractivity contribution is -0.142. The van der Waals surface area contributed by atoms with Crippen LogP contribution in [-0.2, 0) is 16.1 Å². The lowest BCUT2D eigenvalue weighted by Crippen LogP contribution is -2.60. The molecular formula is C25H34ClN5O4. The Hall–Kier alpha value is -2.94. The van der Waals surface area contributed by atoms with Crippen molar-refractivity contribution in [3.63, 3.8) is 0 Å². The molecular weight excluding hydrogens is 470 g/mol. The predicted octanol–water partition coefficient (Wildman–Crippen LogP) is 3.82. The molecule has 0 aliphatic carbocycles. The Kier molecular flexibility index (Phi) is 7.17. The third-order valence-electron chi connectivity index (χ3n) is 6.53. The van der Waals surface area contributed by atoms with E-state index in [9.17, 15) is 14.4 Å². The SMILES string of the molecule is CN(C(=O)NCc1cc2cc(Cl)ccc2[nH]1)[C@@H]1CCCN(C(=O)C2CN(C(=O)OC(C)(C)C)C2)C1. The van der Waals surface area contributed by atoms with Crippen molar-refractivity contribution in [3.05, 3.63) is 35.0 Å². The fraction of sp³-hybridized carbons (Fsp3) is 0.560. The minimum absolute atomic E-state index is 0.0417. The van der Waals surface area contributed by atoms with Crippen LogP contribution in [0.4, 0.5) is 9.59 Å². The molecule has 2 aromatic rings. The summed E-state index contributed by atoms with van der Waals surface area (Å²) < 4.78 is 5.37. The lowest BCUT2D eigenvalue weighted by atomic mass is 9.96. The Bertz CT molecular complexity index is 1100. The summed E-state index contributed by atoms with van der Waals surface area (Å²) in [6.07, 6.45) is 1.29. The molecule has 1 aromatic heterocycles. The van der Waals surface area contributed by atoms with Crippen LogP contribution in [0.5, 0.6) is 0 Å². The number of hydrogen-bond acceptors (Lipinski definition) is 4. The van der Waals surface area contributed by atoms with Crippen molar-refractivity contribution in [3.8, 4) is 0 Å². The Morgan fingerprint density at radius 1 is 1.17 bits per heavy atom. The third kappa shape index (κ3) is 6.01. The first-order valence-corrected chi connectivity index (χ1v) is 12.4. The first-order valence-electron chi connectivity index (χ1n) is 12.0. The van der Waals surface area contributed by atoms with E-state index < -0.39 is 5.60 Å². The van der Waals surface area contributed by atoms with Gasteiger partial charge in [0.2, 0.25) is 5.91 Å². The number of fused-ring (bicyclic) bond motifs is 1. The maximum absolute atomic E-state index is 13.0. The second-order valence-electron chi connectivity index (χ2n) is 10.5. The summed E-state index contributed by atoms with van der Waals surface area (Å²) in [4.78, 5) is 46.3. The number of ether oxygens (including phenoxy) is 1. The van der Waals surface area contributed by atoms with Crippen molar-refractivity contribution in [2.75, 3.05) is 33.2 Å². The molecule has 190 valence electrons. The molecule has 1 aromatic carbocycles. The van der Waals surface area contributed by atoms with Crippen molar-refractivity contribution in [2.24, 2.45) is 5.92 Å². The number of carbonyl (C=O) groups is 3. The topological polar surface area (TPSA) is 98.0 Å². The quantitative estimate of drug-likeness (QED) is 0.662. The molecule has 0 saturated carbocycles. The fourth-order valence-corrected chi connectivity index (χ4v) is 4.74. The van der Waals surface area contributed by atoms with Gasteiger partial charge >= 0.3 is 12.1 Å². The molecule has 4 rings (SSSR count). The zero-order chi connectivity index (χ0) is 25.3. The molecule has 10 heteroatoms. The first-order chi connectivity index (χ1) is 16.5. The second-order valence-corrected chi connectivity index (χ2v) is 10.9. The van der Waals surface area contributed by atoms with Crippen molar-refractivity contribution in [2.45, 2.75) is 51.8 Å². The molecule has 0 unspecified atom stereocenters. The van der Waals surface area contributed by atoms with E-state index in [4.69, 9.17) is 16.3 Å². The number of urea groups is 1. The molecule has 1 atom stereocenters. The van der Waals surface area contributed by atoms with E-state index in [0.717, 1.165) is 29.4 Å². The van der Waals surface area contributed by atoms with Crippen LogP contribution in [0.25, 0.3) is 10.9 Å². The average Bonchev–Trinajstić information content (AvgIpc) is 3.16. The van der Waals surface area contributed by atoms with Crippen LogP contribution in [0.15, 0.2) is 24.3 Å². The molecule has 3 heterocycles. The predicted molar refractivity (Wildman–Crippen MR) is 134 cm³/mol. The smallest absolute Gasteiger partial charge is 0.410 e. The Morgan fingerprint density at radius 3 is 2.63 bits per heavy atom. The van der Waals surface area contributed by atoms with Crippen molar-refractivity contribution < 1.29 is 19.1 Å². The number of piperidine rings is 1. The number of halogens is 1. The van der Waals surface area contributed by atoms with E-state index in [1.54, 1.807) is 16.8 Å². The first kappa shape index (κ1) is 25.2. The number of hydrogen-bond donors (Lipinski definition) is 2. The number of nitrogens with zero attached hydrogens (tertiary/aromatic N) is 3. The van der Waals surface area contributed by atoms with Gasteiger partial charge in [0, 0.05) is 54.8 Å². The van der Waals surface area contributed by atoms with Gasteiger partial charge in [0.05, 0.1) is 18.5 Å². The van der Waals surface area contributed by atoms with Crippen molar-refractivity contribution in [1.29, 1.82) is 0 Å². The van der Waals surface area contributed by atoms with Gasteiger partial charge < -0.3 is 29.7 Å². The van der Waals surface area contributed by atoms with Gasteiger partial charge in [-0.1, -0.05) is 11.6 Å². The van der Waals surface area contributed by atoms with Gasteiger partial charge in [0.1, 0.15) is 5.60 Å². The Balaban J connectivity index is 1.26. The zero-order valence-electron chi connectivity index (χ0n) is 20.8. The van der Waals surface area contributed by atoms with Crippen LogP contribution in [0.1, 0.15) is 39.3 Å². The number of aromatic nitrogens is 1. The summed E-state index contributed by atoms with van der Waals surface area (Å²) in [6, 6.07) is 7.36. The summed E-state index contributed by atoms with van der Waals surface area (Å²) in [6.45, 7) is 7.76. The molecule has 2 saturated heterocycles. The lowest BCUT2D eigenvalue weighted by Gasteiger charge is -2.43. The van der Waals surface area contributed by atoms with Crippen LogP contribution in [0.2, 0.25) is 5.02 Å². The highest BCUT2D eigenvalue weighted by Gasteiger charge is 2.41. The molecule has 0 radical (unpaired) electrons. The largest absolute Gasteiger partial charge is 0.444 e. The number of nitrogens with one attached hydrogen (secondary N) is 2. The average molecular weight is 504 g/mol. The molecule has 2 N–H and O–H groups in total. The summed E-state index contributed by atoms with van der Waals surface area (Å²) in [5, 5.41) is 4.63. The Labute approximate surface area is 210 Å². The highest BCUT2D eigenvalue weighted by Crippen LogP contribution is 2.24. The Morgan fingerprint density at radius 2 is 1.91 bits per heavy atom. The van der Waals surface area contributed by atoms with Gasteiger partial charge in [-0.3, -0.25) is 4.79 Å². The van der Waals surface area contributed by atoms with E-state index in [1.807, 2.05) is 49.9 Å². The van der Waals surface area contributed by atoms with Crippen LogP contribution >= 0.6 is 11.6 Å². The van der Waals surface area contributed by atoms with Crippen molar-refractivity contribution in [1.82, 2.24) is 25.0 Å². The molecule has 35 heavy (non-hydrogen) atoms. The van der Waals surface area contributed by atoms with E-state index in [-0.39, 0.29) is 30.0 Å². The number of benzene rings is 1. The molecule has 4 amide bonds. The molecule has 9 nitrogen and oxygen atoms in total. The number of H-pyrrole nitrogens is 1. The number of rotatable bonds is 4. The number of aromatic amines is 1. The van der Waals surface area contributed by atoms with E-state index in [0.29, 0.717) is 37.7 Å². The van der Waals surface area contributed by atoms with Crippen LogP contribution in [0, 0.1) is 5.92 Å². The molecule has 2 fully saturated rings. The highest BCUT2D eigenvalue weighted by atomic mass is 35.5. The van der Waals surface area contributed by atoms with E-state index >= 15 is 0 Å². The summed E-state index contributed by atoms with van der Waals surface area (Å²) in [7, 11) is 1.77. The van der Waals surface area contributed by atoms with E-state index in [2.05, 4.69) is 10.3 Å². The maximum Gasteiger partial charge on any atom is 0.410 e. The minimum Gasteiger partial charge on any atom is -0.444 e. The van der Waals surface area contributed by atoms with Crippen LogP contribution < -0.4 is 5.32 Å². The maximum atomic E-state index is 13.0. The van der Waals surface area contributed by atoms with Crippen LogP contribution in [0.3, 0.4) is 0 Å². The van der Waals surface area contributed by atoms with Gasteiger partial charge in [0.15, 0.2) is 0 Å². The van der Waals surface area contributed by atoms with Gasteiger partial charge in [-0.05, 0) is 57.9 Å². The second kappa shape index (κ2) is 9.97. The summed E-state index contributed by atoms with van der Waals surface area (Å²) >= 11 is 6.05. The monoisotopic (exact) mass is 503 g/mol. The van der Waals surface area contributed by atoms with Gasteiger partial charge in [-0.2, -0.15) is 0 Å². The number of likely N-dealkylation sites (tertiary alicyclic amines) is 2. The summed E-state index contributed by atoms with van der Waals surface area (Å²) in [5.41, 5.74) is 1.30. The zero-order valence-corrected chi connectivity index (χ0v) is 21.5. The standard InChI is InChI=1S/C25H34ClN5O4/c1-25(2,3)35-24(34)31-13-17(14-31)22(32)30-9-5-6-20(15-30)29(4)23(33)27-12-19-11-16-10-18(26)7-8-21(16)28-19/h7-8,10-11,17,20,28H,5-6,9,12-15H2,1-4H3,(H,27,33)/t20-/m1/s1. The van der Waals surface area contributed by atoms with Crippen LogP contribution in [-0.4, -0.2) is 82.6 Å². The summed E-state index contributed by atoms with van der Waals surface area (Å²) in [5.74, 6) is -0.170. The number of likely N-dealkylation sites (N-methyl/N-ethyl adjacent to an activating group) is 1. The normalized spacial score (nSPS) is 18.8. The fourth-order valence-electron chi connectivity index (χ4n) is 4.56. The molecule has 2 aliphatic heterocycles. The van der Waals surface area contributed by atoms with Crippen molar-refractivity contribution >= 4 is 40.5 Å².